The Balaban J connectivity index is 2.32. The van der Waals surface area contributed by atoms with Gasteiger partial charge in [0.25, 0.3) is 5.91 Å². The van der Waals surface area contributed by atoms with Crippen LogP contribution in [0.5, 0.6) is 0 Å². The van der Waals surface area contributed by atoms with Crippen molar-refractivity contribution in [1.82, 2.24) is 5.32 Å². The lowest BCUT2D eigenvalue weighted by Gasteiger charge is -2.25. The summed E-state index contributed by atoms with van der Waals surface area (Å²) in [7, 11) is -3.39. The molecule has 1 amide bonds. The molecule has 0 aliphatic carbocycles. The zero-order valence-corrected chi connectivity index (χ0v) is 15.0. The maximum atomic E-state index is 12.4. The lowest BCUT2D eigenvalue weighted by atomic mass is 9.98. The average molecular weight is 354 g/mol. The van der Waals surface area contributed by atoms with Crippen LogP contribution in [-0.2, 0) is 21.2 Å². The van der Waals surface area contributed by atoms with Crippen molar-refractivity contribution in [3.8, 4) is 0 Å². The molecule has 0 saturated carbocycles. The quantitative estimate of drug-likeness (QED) is 0.831. The number of carbonyl (C=O) groups is 2. The van der Waals surface area contributed by atoms with Gasteiger partial charge in [-0.25, -0.2) is 13.2 Å². The zero-order chi connectivity index (χ0) is 18.3. The summed E-state index contributed by atoms with van der Waals surface area (Å²) >= 11 is 0. The highest BCUT2D eigenvalue weighted by molar-refractivity contribution is 7.92. The number of carboxylic acids is 1. The molecule has 1 aliphatic rings. The number of anilines is 1. The molecule has 0 aromatic heterocycles. The molecule has 2 N–H and O–H groups in total. The van der Waals surface area contributed by atoms with Crippen LogP contribution in [0.1, 0.15) is 43.1 Å². The van der Waals surface area contributed by atoms with E-state index in [1.165, 1.54) is 17.3 Å². The lowest BCUT2D eigenvalue weighted by molar-refractivity contribution is -0.143. The van der Waals surface area contributed by atoms with Gasteiger partial charge in [-0.15, -0.1) is 0 Å². The molecule has 8 heteroatoms. The van der Waals surface area contributed by atoms with Gasteiger partial charge in [0.15, 0.2) is 0 Å². The molecule has 1 aromatic rings. The number of hydrogen-bond acceptors (Lipinski definition) is 4. The summed E-state index contributed by atoms with van der Waals surface area (Å²) in [6.45, 7) is 4.94. The van der Waals surface area contributed by atoms with Gasteiger partial charge in [-0.05, 0) is 50.5 Å². The molecule has 2 atom stereocenters. The first-order valence-corrected chi connectivity index (χ1v) is 9.52. The molecule has 0 unspecified atom stereocenters. The summed E-state index contributed by atoms with van der Waals surface area (Å²) in [4.78, 5) is 23.7. The maximum absolute atomic E-state index is 12.4. The van der Waals surface area contributed by atoms with Crippen LogP contribution in [0.15, 0.2) is 18.2 Å². The van der Waals surface area contributed by atoms with Crippen LogP contribution in [-0.4, -0.2) is 43.2 Å². The van der Waals surface area contributed by atoms with Gasteiger partial charge in [-0.3, -0.25) is 9.10 Å². The number of nitrogens with zero attached hydrogens (tertiary/aromatic N) is 1. The fourth-order valence-electron chi connectivity index (χ4n) is 2.87. The molecule has 0 saturated heterocycles. The van der Waals surface area contributed by atoms with Crippen molar-refractivity contribution in [2.75, 3.05) is 10.6 Å². The highest BCUT2D eigenvalue weighted by Crippen LogP contribution is 2.34. The van der Waals surface area contributed by atoms with Crippen molar-refractivity contribution in [1.29, 1.82) is 0 Å². The van der Waals surface area contributed by atoms with E-state index in [2.05, 4.69) is 5.32 Å². The molecule has 0 bridgehead atoms. The van der Waals surface area contributed by atoms with Gasteiger partial charge in [0.05, 0.1) is 11.9 Å². The molecule has 1 aliphatic heterocycles. The molecule has 1 aromatic carbocycles. The normalized spacial score (nSPS) is 19.5. The number of fused-ring (bicyclic) bond motifs is 1. The van der Waals surface area contributed by atoms with Crippen LogP contribution in [0.4, 0.5) is 5.69 Å². The van der Waals surface area contributed by atoms with Crippen molar-refractivity contribution >= 4 is 27.6 Å². The number of nitrogens with one attached hydrogen (secondary N) is 1. The van der Waals surface area contributed by atoms with Gasteiger partial charge < -0.3 is 10.4 Å². The number of aliphatic carboxylic acids is 1. The topological polar surface area (TPSA) is 104 Å². The van der Waals surface area contributed by atoms with E-state index in [1.54, 1.807) is 26.0 Å². The Morgan fingerprint density at radius 2 is 2.04 bits per heavy atom. The van der Waals surface area contributed by atoms with Gasteiger partial charge in [-0.2, -0.15) is 0 Å². The van der Waals surface area contributed by atoms with E-state index in [9.17, 15) is 23.1 Å². The van der Waals surface area contributed by atoms with Crippen molar-refractivity contribution in [2.45, 2.75) is 45.2 Å². The fourth-order valence-corrected chi connectivity index (χ4v) is 4.13. The molecule has 2 rings (SSSR count). The largest absolute Gasteiger partial charge is 0.480 e. The van der Waals surface area contributed by atoms with E-state index in [0.717, 1.165) is 11.8 Å². The number of amides is 1. The summed E-state index contributed by atoms with van der Waals surface area (Å²) in [5.41, 5.74) is 0.298. The maximum Gasteiger partial charge on any atom is 0.329 e. The standard InChI is InChI=1S/C16H22N2O5S/c1-5-16(3,15(20)21)17-14(19)11-6-7-13-12(9-11)8-10(2)18(13)24(4,22)23/h6-7,9-10H,5,8H2,1-4H3,(H,17,19)(H,20,21)/t10-,16-/m0/s1. The van der Waals surface area contributed by atoms with E-state index in [4.69, 9.17) is 0 Å². The van der Waals surface area contributed by atoms with Crippen molar-refractivity contribution in [3.63, 3.8) is 0 Å². The first kappa shape index (κ1) is 18.3. The zero-order valence-electron chi connectivity index (χ0n) is 14.2. The SMILES string of the molecule is CC[C@](C)(NC(=O)c1ccc2c(c1)C[C@H](C)N2S(C)(=O)=O)C(=O)O. The van der Waals surface area contributed by atoms with Crippen LogP contribution < -0.4 is 9.62 Å². The van der Waals surface area contributed by atoms with Crippen molar-refractivity contribution < 1.29 is 23.1 Å². The minimum atomic E-state index is -3.39. The fraction of sp³-hybridized carbons (Fsp3) is 0.500. The van der Waals surface area contributed by atoms with E-state index in [-0.39, 0.29) is 12.5 Å². The minimum Gasteiger partial charge on any atom is -0.480 e. The molecule has 24 heavy (non-hydrogen) atoms. The predicted octanol–water partition coefficient (Wildman–Crippen LogP) is 1.38. The Morgan fingerprint density at radius 3 is 2.54 bits per heavy atom. The second-order valence-corrected chi connectivity index (χ2v) is 8.26. The molecular formula is C16H22N2O5S. The van der Waals surface area contributed by atoms with Crippen molar-refractivity contribution in [2.24, 2.45) is 0 Å². The number of carboxylic acid groups (broad SMARTS) is 1. The van der Waals surface area contributed by atoms with Gasteiger partial charge in [0, 0.05) is 11.6 Å². The Kier molecular flexibility index (Phi) is 4.63. The van der Waals surface area contributed by atoms with Crippen LogP contribution >= 0.6 is 0 Å². The molecular weight excluding hydrogens is 332 g/mol. The number of sulfonamides is 1. The average Bonchev–Trinajstić information content (AvgIpc) is 2.81. The molecule has 1 heterocycles. The minimum absolute atomic E-state index is 0.215. The summed E-state index contributed by atoms with van der Waals surface area (Å²) in [6, 6.07) is 4.53. The smallest absolute Gasteiger partial charge is 0.329 e. The third-order valence-electron chi connectivity index (χ3n) is 4.42. The third-order valence-corrected chi connectivity index (χ3v) is 5.69. The Morgan fingerprint density at radius 1 is 1.42 bits per heavy atom. The van der Waals surface area contributed by atoms with Crippen LogP contribution in [0.2, 0.25) is 0 Å². The summed E-state index contributed by atoms with van der Waals surface area (Å²) in [5, 5.41) is 11.8. The first-order chi connectivity index (χ1) is 11.0. The van der Waals surface area contributed by atoms with E-state index < -0.39 is 27.4 Å². The van der Waals surface area contributed by atoms with Crippen LogP contribution in [0, 0.1) is 0 Å². The Bertz CT molecular complexity index is 790. The van der Waals surface area contributed by atoms with Crippen molar-refractivity contribution in [3.05, 3.63) is 29.3 Å². The second-order valence-electron chi connectivity index (χ2n) is 6.40. The highest BCUT2D eigenvalue weighted by atomic mass is 32.2. The molecule has 7 nitrogen and oxygen atoms in total. The number of benzene rings is 1. The number of rotatable bonds is 5. The summed E-state index contributed by atoms with van der Waals surface area (Å²) < 4.78 is 25.2. The third kappa shape index (κ3) is 3.24. The second kappa shape index (κ2) is 6.08. The van der Waals surface area contributed by atoms with Gasteiger partial charge in [0.2, 0.25) is 10.0 Å². The van der Waals surface area contributed by atoms with E-state index >= 15 is 0 Å². The Labute approximate surface area is 141 Å². The van der Waals surface area contributed by atoms with Gasteiger partial charge in [-0.1, -0.05) is 6.92 Å². The Hall–Kier alpha value is -2.09. The molecule has 0 spiro atoms. The number of hydrogen-bond donors (Lipinski definition) is 2. The van der Waals surface area contributed by atoms with E-state index in [1.807, 2.05) is 0 Å². The number of carbonyl (C=O) groups excluding carboxylic acids is 1. The monoisotopic (exact) mass is 354 g/mol. The van der Waals surface area contributed by atoms with Gasteiger partial charge >= 0.3 is 5.97 Å². The predicted molar refractivity (Wildman–Crippen MR) is 90.7 cm³/mol. The van der Waals surface area contributed by atoms with E-state index in [0.29, 0.717) is 17.7 Å². The van der Waals surface area contributed by atoms with Crippen LogP contribution in [0.3, 0.4) is 0 Å². The van der Waals surface area contributed by atoms with Crippen LogP contribution in [0.25, 0.3) is 0 Å². The summed E-state index contributed by atoms with van der Waals surface area (Å²) in [6.07, 6.45) is 1.91. The molecule has 132 valence electrons. The van der Waals surface area contributed by atoms with Gasteiger partial charge in [0.1, 0.15) is 5.54 Å². The molecule has 0 fully saturated rings. The summed E-state index contributed by atoms with van der Waals surface area (Å²) in [5.74, 6) is -1.59. The highest BCUT2D eigenvalue weighted by Gasteiger charge is 2.35. The lowest BCUT2D eigenvalue weighted by Crippen LogP contribution is -2.51. The first-order valence-electron chi connectivity index (χ1n) is 7.68. The molecule has 0 radical (unpaired) electrons.